The molecule has 3 aromatic rings. The molecular formula is C25H35N7O3. The van der Waals surface area contributed by atoms with Crippen LogP contribution in [0.15, 0.2) is 15.7 Å². The van der Waals surface area contributed by atoms with Crippen molar-refractivity contribution in [3.05, 3.63) is 43.9 Å². The van der Waals surface area contributed by atoms with Crippen molar-refractivity contribution in [1.82, 2.24) is 24.3 Å². The first kappa shape index (κ1) is 24.7. The highest BCUT2D eigenvalue weighted by Gasteiger charge is 2.31. The minimum absolute atomic E-state index is 0.0210. The van der Waals surface area contributed by atoms with Gasteiger partial charge in [-0.1, -0.05) is 33.1 Å². The number of H-pyrrole nitrogens is 1. The molecule has 0 aromatic carbocycles. The van der Waals surface area contributed by atoms with Gasteiger partial charge in [0, 0.05) is 31.7 Å². The summed E-state index contributed by atoms with van der Waals surface area (Å²) in [5.74, 6) is 0.0242. The molecule has 10 heteroatoms. The van der Waals surface area contributed by atoms with E-state index in [1.807, 2.05) is 27.0 Å². The second kappa shape index (κ2) is 10.1. The van der Waals surface area contributed by atoms with Crippen LogP contribution in [0.3, 0.4) is 0 Å². The zero-order valence-electron chi connectivity index (χ0n) is 21.1. The summed E-state index contributed by atoms with van der Waals surface area (Å²) in [6.45, 7) is 6.62. The summed E-state index contributed by atoms with van der Waals surface area (Å²) in [7, 11) is 1.82. The highest BCUT2D eigenvalue weighted by Crippen LogP contribution is 2.40. The van der Waals surface area contributed by atoms with Crippen molar-refractivity contribution < 1.29 is 4.79 Å². The van der Waals surface area contributed by atoms with Crippen LogP contribution in [0.2, 0.25) is 0 Å². The number of carbonyl (C=O) groups excluding carboxylic acids is 1. The summed E-state index contributed by atoms with van der Waals surface area (Å²) >= 11 is 0. The molecule has 10 nitrogen and oxygen atoms in total. The maximum atomic E-state index is 14.2. The molecule has 1 aliphatic rings. The molecule has 0 spiro atoms. The molecule has 3 aromatic heterocycles. The summed E-state index contributed by atoms with van der Waals surface area (Å²) in [4.78, 5) is 48.3. The number of aryl methyl sites for hydroxylation is 2. The number of aromatic amines is 1. The van der Waals surface area contributed by atoms with E-state index in [1.165, 1.54) is 9.47 Å². The first-order valence-electron chi connectivity index (χ1n) is 12.6. The fourth-order valence-electron chi connectivity index (χ4n) is 4.58. The maximum Gasteiger partial charge on any atom is 0.330 e. The van der Waals surface area contributed by atoms with Crippen molar-refractivity contribution >= 4 is 28.4 Å². The first-order valence-corrected chi connectivity index (χ1v) is 12.6. The number of carbonyl (C=O) groups is 1. The molecule has 1 amide bonds. The van der Waals surface area contributed by atoms with E-state index in [0.717, 1.165) is 44.2 Å². The molecule has 0 atom stereocenters. The van der Waals surface area contributed by atoms with Crippen molar-refractivity contribution in [3.8, 4) is 0 Å². The largest absolute Gasteiger partial charge is 0.383 e. The number of nitrogens with two attached hydrogens (primary N) is 1. The predicted molar refractivity (Wildman–Crippen MR) is 137 cm³/mol. The lowest BCUT2D eigenvalue weighted by Gasteiger charge is -2.25. The standard InChI is InChI=1S/C25H35N7O3/c1-5-7-9-13-31(20-21(26)32(12-8-6-2)25(35)28-23(20)33)24(34)17-14-18(16-10-11-16)27-22-19(17)15(3)29-30(22)4/h14,16H,5-13,26H2,1-4H3,(H,28,33,35). The molecule has 3 heterocycles. The Balaban J connectivity index is 1.89. The Kier molecular flexibility index (Phi) is 7.09. The van der Waals surface area contributed by atoms with Crippen LogP contribution in [0.4, 0.5) is 11.5 Å². The van der Waals surface area contributed by atoms with E-state index in [1.54, 1.807) is 4.68 Å². The fraction of sp³-hybridized carbons (Fsp3) is 0.560. The van der Waals surface area contributed by atoms with E-state index in [9.17, 15) is 14.4 Å². The second-order valence-electron chi connectivity index (χ2n) is 9.44. The van der Waals surface area contributed by atoms with Crippen molar-refractivity contribution in [3.63, 3.8) is 0 Å². The van der Waals surface area contributed by atoms with E-state index in [4.69, 9.17) is 10.7 Å². The van der Waals surface area contributed by atoms with Gasteiger partial charge in [0.2, 0.25) is 0 Å². The number of amides is 1. The highest BCUT2D eigenvalue weighted by molar-refractivity contribution is 6.14. The number of anilines is 2. The third-order valence-corrected chi connectivity index (χ3v) is 6.66. The molecule has 1 saturated carbocycles. The van der Waals surface area contributed by atoms with Gasteiger partial charge in [0.15, 0.2) is 11.3 Å². The van der Waals surface area contributed by atoms with Crippen LogP contribution in [0.25, 0.3) is 11.0 Å². The number of fused-ring (bicyclic) bond motifs is 1. The molecule has 1 fully saturated rings. The van der Waals surface area contributed by atoms with Crippen LogP contribution in [0, 0.1) is 6.92 Å². The van der Waals surface area contributed by atoms with Gasteiger partial charge in [-0.15, -0.1) is 0 Å². The lowest BCUT2D eigenvalue weighted by atomic mass is 10.1. The Morgan fingerprint density at radius 2 is 1.91 bits per heavy atom. The minimum atomic E-state index is -0.652. The number of nitrogen functional groups attached to an aromatic ring is 1. The predicted octanol–water partition coefficient (Wildman–Crippen LogP) is 3.22. The van der Waals surface area contributed by atoms with Crippen molar-refractivity contribution in [2.24, 2.45) is 7.05 Å². The van der Waals surface area contributed by atoms with E-state index >= 15 is 0 Å². The van der Waals surface area contributed by atoms with Gasteiger partial charge >= 0.3 is 5.69 Å². The van der Waals surface area contributed by atoms with Crippen LogP contribution in [-0.4, -0.2) is 36.8 Å². The summed E-state index contributed by atoms with van der Waals surface area (Å²) in [5, 5.41) is 5.18. The number of rotatable bonds is 10. The van der Waals surface area contributed by atoms with E-state index in [2.05, 4.69) is 17.0 Å². The molecule has 4 rings (SSSR count). The average molecular weight is 482 g/mol. The van der Waals surface area contributed by atoms with Crippen molar-refractivity contribution in [2.45, 2.75) is 78.2 Å². The van der Waals surface area contributed by atoms with E-state index < -0.39 is 11.2 Å². The van der Waals surface area contributed by atoms with Crippen LogP contribution in [-0.2, 0) is 13.6 Å². The quantitative estimate of drug-likeness (QED) is 0.427. The molecule has 3 N–H and O–H groups in total. The molecule has 35 heavy (non-hydrogen) atoms. The molecule has 0 bridgehead atoms. The summed E-state index contributed by atoms with van der Waals surface area (Å²) < 4.78 is 3.05. The van der Waals surface area contributed by atoms with Crippen molar-refractivity contribution in [1.29, 1.82) is 0 Å². The topological polar surface area (TPSA) is 132 Å². The summed E-state index contributed by atoms with van der Waals surface area (Å²) in [6, 6.07) is 1.85. The SMILES string of the molecule is CCCCCN(C(=O)c1cc(C2CC2)nc2c1c(C)nn2C)c1c(N)n(CCCC)c(=O)[nH]c1=O. The normalized spacial score (nSPS) is 13.5. The number of pyridine rings is 1. The van der Waals surface area contributed by atoms with Crippen LogP contribution >= 0.6 is 0 Å². The number of hydrogen-bond acceptors (Lipinski definition) is 6. The number of nitrogens with zero attached hydrogens (tertiary/aromatic N) is 5. The minimum Gasteiger partial charge on any atom is -0.383 e. The molecule has 1 aliphatic carbocycles. The third kappa shape index (κ3) is 4.74. The molecule has 0 unspecified atom stereocenters. The highest BCUT2D eigenvalue weighted by atomic mass is 16.2. The Morgan fingerprint density at radius 3 is 2.57 bits per heavy atom. The van der Waals surface area contributed by atoms with Gasteiger partial charge in [0.1, 0.15) is 5.82 Å². The zero-order chi connectivity index (χ0) is 25.3. The molecule has 0 aliphatic heterocycles. The van der Waals surface area contributed by atoms with Crippen molar-refractivity contribution in [2.75, 3.05) is 17.2 Å². The molecule has 188 valence electrons. The van der Waals surface area contributed by atoms with Crippen LogP contribution in [0.1, 0.15) is 86.5 Å². The number of aromatic nitrogens is 5. The first-order chi connectivity index (χ1) is 16.8. The lowest BCUT2D eigenvalue weighted by Crippen LogP contribution is -2.41. The summed E-state index contributed by atoms with van der Waals surface area (Å²) in [5.41, 5.74) is 7.90. The molecule has 0 radical (unpaired) electrons. The van der Waals surface area contributed by atoms with E-state index in [0.29, 0.717) is 47.7 Å². The fourth-order valence-corrected chi connectivity index (χ4v) is 4.58. The van der Waals surface area contributed by atoms with Gasteiger partial charge in [0.25, 0.3) is 11.5 Å². The molecular weight excluding hydrogens is 446 g/mol. The van der Waals surface area contributed by atoms with Gasteiger partial charge in [0.05, 0.1) is 16.6 Å². The Morgan fingerprint density at radius 1 is 1.20 bits per heavy atom. The maximum absolute atomic E-state index is 14.2. The lowest BCUT2D eigenvalue weighted by molar-refractivity contribution is 0.0987. The van der Waals surface area contributed by atoms with Gasteiger partial charge in [-0.2, -0.15) is 5.10 Å². The number of unbranched alkanes of at least 4 members (excludes halogenated alkanes) is 3. The second-order valence-corrected chi connectivity index (χ2v) is 9.44. The molecule has 0 saturated heterocycles. The van der Waals surface area contributed by atoms with Gasteiger partial charge in [-0.25, -0.2) is 9.78 Å². The third-order valence-electron chi connectivity index (χ3n) is 6.66. The number of nitrogens with one attached hydrogen (secondary N) is 1. The van der Waals surface area contributed by atoms with Crippen LogP contribution < -0.4 is 21.9 Å². The zero-order valence-corrected chi connectivity index (χ0v) is 21.1. The average Bonchev–Trinajstić information content (AvgIpc) is 3.63. The number of hydrogen-bond donors (Lipinski definition) is 2. The van der Waals surface area contributed by atoms with Gasteiger partial charge in [-0.3, -0.25) is 23.8 Å². The Labute approximate surface area is 204 Å². The van der Waals surface area contributed by atoms with E-state index in [-0.39, 0.29) is 17.4 Å². The summed E-state index contributed by atoms with van der Waals surface area (Å²) in [6.07, 6.45) is 6.21. The smallest absolute Gasteiger partial charge is 0.330 e. The van der Waals surface area contributed by atoms with Crippen LogP contribution in [0.5, 0.6) is 0 Å². The van der Waals surface area contributed by atoms with Gasteiger partial charge < -0.3 is 10.6 Å². The Hall–Kier alpha value is -3.43. The van der Waals surface area contributed by atoms with Gasteiger partial charge in [-0.05, 0) is 38.7 Å². The Bertz CT molecular complexity index is 1360. The monoisotopic (exact) mass is 481 g/mol.